The van der Waals surface area contributed by atoms with Crippen molar-refractivity contribution in [1.82, 2.24) is 19.4 Å². The van der Waals surface area contributed by atoms with Crippen LogP contribution in [0.4, 0.5) is 34.8 Å². The van der Waals surface area contributed by atoms with Crippen LogP contribution in [0.25, 0.3) is 16.6 Å². The zero-order valence-corrected chi connectivity index (χ0v) is 24.8. The van der Waals surface area contributed by atoms with Crippen LogP contribution in [-0.4, -0.2) is 46.0 Å². The van der Waals surface area contributed by atoms with E-state index in [2.05, 4.69) is 20.6 Å². The Labute approximate surface area is 260 Å². The zero-order chi connectivity index (χ0) is 32.1. The molecule has 0 saturated heterocycles. The van der Waals surface area contributed by atoms with Crippen LogP contribution in [-0.2, 0) is 17.6 Å². The summed E-state index contributed by atoms with van der Waals surface area (Å²) in [6.07, 6.45) is 1.52. The van der Waals surface area contributed by atoms with Gasteiger partial charge in [0.15, 0.2) is 0 Å². The molecule has 45 heavy (non-hydrogen) atoms. The number of alkyl halides is 3. The Kier molecular flexibility index (Phi) is 9.35. The van der Waals surface area contributed by atoms with Crippen molar-refractivity contribution >= 4 is 45.6 Å². The highest BCUT2D eigenvalue weighted by Gasteiger charge is 2.35. The monoisotopic (exact) mass is 638 g/mol. The third-order valence-electron chi connectivity index (χ3n) is 6.52. The van der Waals surface area contributed by atoms with Crippen LogP contribution in [0, 0.1) is 5.82 Å². The summed E-state index contributed by atoms with van der Waals surface area (Å²) in [5, 5.41) is 6.33. The van der Waals surface area contributed by atoms with E-state index in [0.29, 0.717) is 51.0 Å². The highest BCUT2D eigenvalue weighted by atomic mass is 35.5. The molecule has 2 heterocycles. The molecule has 1 amide bonds. The maximum Gasteiger partial charge on any atom is 0.419 e. The van der Waals surface area contributed by atoms with Gasteiger partial charge in [-0.05, 0) is 68.2 Å². The summed E-state index contributed by atoms with van der Waals surface area (Å²) in [4.78, 5) is 22.7. The Bertz CT molecular complexity index is 1870. The molecule has 0 bridgehead atoms. The quantitative estimate of drug-likeness (QED) is 0.121. The van der Waals surface area contributed by atoms with Crippen molar-refractivity contribution in [3.63, 3.8) is 0 Å². The van der Waals surface area contributed by atoms with Gasteiger partial charge in [0.05, 0.1) is 21.8 Å². The topological polar surface area (TPSA) is 84.3 Å². The molecule has 0 aliphatic rings. The number of amides is 1. The number of aromatic nitrogens is 3. The predicted molar refractivity (Wildman–Crippen MR) is 166 cm³/mol. The molecule has 5 aromatic rings. The number of anilines is 3. The van der Waals surface area contributed by atoms with Crippen molar-refractivity contribution in [3.8, 4) is 11.4 Å². The lowest BCUT2D eigenvalue weighted by molar-refractivity contribution is -0.136. The van der Waals surface area contributed by atoms with Crippen molar-refractivity contribution in [2.45, 2.75) is 12.8 Å². The third-order valence-corrected chi connectivity index (χ3v) is 6.82. The van der Waals surface area contributed by atoms with E-state index < -0.39 is 17.6 Å². The van der Waals surface area contributed by atoms with Crippen LogP contribution < -0.4 is 15.4 Å². The van der Waals surface area contributed by atoms with E-state index >= 15 is 0 Å². The Morgan fingerprint density at radius 3 is 2.62 bits per heavy atom. The molecule has 8 nitrogen and oxygen atoms in total. The van der Waals surface area contributed by atoms with Crippen molar-refractivity contribution in [1.29, 1.82) is 0 Å². The SMILES string of the molecule is CN(C)C/C=C/C(=O)Nc1cn(-c2ccc3ncnc(Nc4ccc(OCc5cccc(F)c5)c(Cl)c4)c3c2)cc1C(F)(F)F. The normalized spacial score (nSPS) is 11.8. The summed E-state index contributed by atoms with van der Waals surface area (Å²) in [5.74, 6) is -0.266. The number of carbonyl (C=O) groups is 1. The molecule has 0 saturated carbocycles. The fraction of sp³-hybridized carbons (Fsp3) is 0.156. The van der Waals surface area contributed by atoms with E-state index in [1.807, 2.05) is 4.90 Å². The van der Waals surface area contributed by atoms with E-state index in [1.165, 1.54) is 35.3 Å². The largest absolute Gasteiger partial charge is 0.487 e. The Morgan fingerprint density at radius 2 is 1.89 bits per heavy atom. The number of rotatable bonds is 10. The van der Waals surface area contributed by atoms with Crippen LogP contribution in [0.15, 0.2) is 91.5 Å². The van der Waals surface area contributed by atoms with Gasteiger partial charge in [0, 0.05) is 41.8 Å². The first-order chi connectivity index (χ1) is 21.5. The van der Waals surface area contributed by atoms with Crippen LogP contribution in [0.2, 0.25) is 5.02 Å². The van der Waals surface area contributed by atoms with Crippen molar-refractivity contribution in [2.75, 3.05) is 31.3 Å². The van der Waals surface area contributed by atoms with Crippen molar-refractivity contribution < 1.29 is 27.1 Å². The van der Waals surface area contributed by atoms with Gasteiger partial charge in [-0.2, -0.15) is 13.2 Å². The summed E-state index contributed by atoms with van der Waals surface area (Å²) < 4.78 is 62.2. The number of nitrogens with one attached hydrogen (secondary N) is 2. The number of hydrogen-bond acceptors (Lipinski definition) is 6. The summed E-state index contributed by atoms with van der Waals surface area (Å²) in [6.45, 7) is 0.578. The van der Waals surface area contributed by atoms with E-state index in [-0.39, 0.29) is 18.1 Å². The highest BCUT2D eigenvalue weighted by molar-refractivity contribution is 6.32. The lowest BCUT2D eigenvalue weighted by Gasteiger charge is -2.13. The summed E-state index contributed by atoms with van der Waals surface area (Å²) in [7, 11) is 3.61. The first kappa shape index (κ1) is 31.5. The number of hydrogen-bond donors (Lipinski definition) is 2. The van der Waals surface area contributed by atoms with Gasteiger partial charge in [-0.1, -0.05) is 29.8 Å². The molecule has 2 aromatic heterocycles. The smallest absolute Gasteiger partial charge is 0.419 e. The second-order valence-electron chi connectivity index (χ2n) is 10.3. The number of carbonyl (C=O) groups excluding carboxylic acids is 1. The minimum Gasteiger partial charge on any atom is -0.487 e. The molecule has 3 aromatic carbocycles. The van der Waals surface area contributed by atoms with Crippen LogP contribution in [0.5, 0.6) is 5.75 Å². The average molecular weight is 639 g/mol. The number of benzene rings is 3. The molecule has 5 rings (SSSR count). The molecular weight excluding hydrogens is 612 g/mol. The van der Waals surface area contributed by atoms with Crippen LogP contribution in [0.1, 0.15) is 11.1 Å². The van der Waals surface area contributed by atoms with E-state index in [0.717, 1.165) is 6.20 Å². The van der Waals surface area contributed by atoms with Gasteiger partial charge >= 0.3 is 6.18 Å². The summed E-state index contributed by atoms with van der Waals surface area (Å²) in [6, 6.07) is 16.0. The Hall–Kier alpha value is -4.94. The van der Waals surface area contributed by atoms with E-state index in [1.54, 1.807) is 68.7 Å². The summed E-state index contributed by atoms with van der Waals surface area (Å²) >= 11 is 6.45. The van der Waals surface area contributed by atoms with Crippen LogP contribution in [0.3, 0.4) is 0 Å². The summed E-state index contributed by atoms with van der Waals surface area (Å²) in [5.41, 5.74) is 0.769. The molecule has 0 atom stereocenters. The second-order valence-corrected chi connectivity index (χ2v) is 10.7. The maximum absolute atomic E-state index is 13.9. The van der Waals surface area contributed by atoms with Crippen molar-refractivity contribution in [2.24, 2.45) is 0 Å². The second kappa shape index (κ2) is 13.4. The predicted octanol–water partition coefficient (Wildman–Crippen LogP) is 7.61. The first-order valence-corrected chi connectivity index (χ1v) is 13.9. The number of halogens is 5. The molecule has 0 aliphatic carbocycles. The van der Waals surface area contributed by atoms with Gasteiger partial charge in [0.25, 0.3) is 0 Å². The Balaban J connectivity index is 1.39. The minimum absolute atomic E-state index is 0.123. The average Bonchev–Trinajstić information content (AvgIpc) is 3.41. The van der Waals surface area contributed by atoms with Crippen LogP contribution >= 0.6 is 11.6 Å². The van der Waals surface area contributed by atoms with E-state index in [9.17, 15) is 22.4 Å². The molecule has 0 aliphatic heterocycles. The van der Waals surface area contributed by atoms with E-state index in [4.69, 9.17) is 16.3 Å². The number of nitrogens with zero attached hydrogens (tertiary/aromatic N) is 4. The number of fused-ring (bicyclic) bond motifs is 1. The molecule has 0 spiro atoms. The maximum atomic E-state index is 13.9. The Morgan fingerprint density at radius 1 is 1.07 bits per heavy atom. The van der Waals surface area contributed by atoms with Gasteiger partial charge in [-0.15, -0.1) is 0 Å². The fourth-order valence-corrected chi connectivity index (χ4v) is 4.63. The molecular formula is C32H27ClF4N6O2. The first-order valence-electron chi connectivity index (χ1n) is 13.6. The van der Waals surface area contributed by atoms with Gasteiger partial charge in [0.1, 0.15) is 30.3 Å². The third kappa shape index (κ3) is 7.97. The minimum atomic E-state index is -4.71. The number of ether oxygens (including phenoxy) is 1. The lowest BCUT2D eigenvalue weighted by atomic mass is 10.2. The van der Waals surface area contributed by atoms with Gasteiger partial charge in [-0.3, -0.25) is 4.79 Å². The highest BCUT2D eigenvalue weighted by Crippen LogP contribution is 2.37. The van der Waals surface area contributed by atoms with Gasteiger partial charge in [-0.25, -0.2) is 14.4 Å². The lowest BCUT2D eigenvalue weighted by Crippen LogP contribution is -2.14. The van der Waals surface area contributed by atoms with Crippen molar-refractivity contribution in [3.05, 3.63) is 114 Å². The molecule has 2 N–H and O–H groups in total. The molecule has 0 unspecified atom stereocenters. The van der Waals surface area contributed by atoms with Gasteiger partial charge in [0.2, 0.25) is 5.91 Å². The fourth-order valence-electron chi connectivity index (χ4n) is 4.40. The standard InChI is InChI=1S/C32H27ClF4N6O2/c1-42(2)12-4-7-30(44)41-28-17-43(16-25(28)32(35,36)37)23-9-10-27-24(15-23)31(39-19-38-27)40-22-8-11-29(26(33)14-22)45-18-20-5-3-6-21(34)13-20/h3-11,13-17,19H,12,18H2,1-2H3,(H,41,44)(H,38,39,40)/b7-4+. The zero-order valence-electron chi connectivity index (χ0n) is 24.1. The molecule has 0 radical (unpaired) electrons. The molecule has 232 valence electrons. The molecule has 0 fully saturated rings. The number of likely N-dealkylation sites (N-methyl/N-ethyl adjacent to an activating group) is 1. The van der Waals surface area contributed by atoms with Gasteiger partial charge < -0.3 is 24.8 Å². The molecule has 13 heteroatoms.